The van der Waals surface area contributed by atoms with Gasteiger partial charge in [-0.05, 0) is 36.6 Å². The van der Waals surface area contributed by atoms with Gasteiger partial charge in [0.15, 0.2) is 0 Å². The van der Waals surface area contributed by atoms with Crippen LogP contribution < -0.4 is 4.52 Å². The molecule has 1 rings (SSSR count). The molecule has 0 fully saturated rings. The normalized spacial score (nSPS) is 12.6. The summed E-state index contributed by atoms with van der Waals surface area (Å²) in [5.74, 6) is 0.773. The van der Waals surface area contributed by atoms with Gasteiger partial charge in [0.2, 0.25) is 8.38 Å². The van der Waals surface area contributed by atoms with Crippen LogP contribution >= 0.6 is 8.38 Å². The molecule has 1 unspecified atom stereocenters. The van der Waals surface area contributed by atoms with Crippen LogP contribution in [-0.2, 0) is 6.42 Å². The van der Waals surface area contributed by atoms with Crippen LogP contribution in [-0.4, -0.2) is 11.6 Å². The molecule has 0 aromatic heterocycles. The molecule has 1 N–H and O–H groups in total. The Morgan fingerprint density at radius 3 is 2.71 bits per heavy atom. The second-order valence-corrected chi connectivity index (χ2v) is 4.50. The van der Waals surface area contributed by atoms with Crippen LogP contribution in [0.1, 0.15) is 24.5 Å². The first-order chi connectivity index (χ1) is 6.63. The van der Waals surface area contributed by atoms with E-state index in [1.165, 1.54) is 11.1 Å². The first kappa shape index (κ1) is 11.5. The van der Waals surface area contributed by atoms with Crippen molar-refractivity contribution in [3.63, 3.8) is 0 Å². The molecule has 0 saturated heterocycles. The van der Waals surface area contributed by atoms with Gasteiger partial charge in [-0.3, -0.25) is 0 Å². The molecule has 3 heteroatoms. The Hall–Kier alpha value is -0.590. The maximum Gasteiger partial charge on any atom is 0.224 e. The largest absolute Gasteiger partial charge is 0.448 e. The number of benzene rings is 1. The van der Waals surface area contributed by atoms with E-state index < -0.39 is 8.38 Å². The van der Waals surface area contributed by atoms with Crippen molar-refractivity contribution in [3.8, 4) is 5.75 Å². The standard InChI is InChI=1S/C11H17O2P/c1-4-5-10-8-11(13-14(3)12)7-6-9(10)2/h6-8,12H,4-5H2,1-3H3. The van der Waals surface area contributed by atoms with E-state index in [2.05, 4.69) is 13.8 Å². The van der Waals surface area contributed by atoms with Crippen LogP contribution in [0.15, 0.2) is 18.2 Å². The fraction of sp³-hybridized carbons (Fsp3) is 0.455. The SMILES string of the molecule is CCCc1cc(OP(C)O)ccc1C. The third kappa shape index (κ3) is 3.28. The maximum atomic E-state index is 9.14. The van der Waals surface area contributed by atoms with E-state index in [9.17, 15) is 0 Å². The van der Waals surface area contributed by atoms with Gasteiger partial charge in [-0.25, -0.2) is 0 Å². The highest BCUT2D eigenvalue weighted by atomic mass is 31.2. The zero-order chi connectivity index (χ0) is 10.6. The van der Waals surface area contributed by atoms with E-state index in [0.717, 1.165) is 18.6 Å². The lowest BCUT2D eigenvalue weighted by Crippen LogP contribution is -1.91. The summed E-state index contributed by atoms with van der Waals surface area (Å²) in [6.45, 7) is 5.93. The van der Waals surface area contributed by atoms with Crippen molar-refractivity contribution in [1.29, 1.82) is 0 Å². The Balaban J connectivity index is 2.83. The number of hydrogen-bond donors (Lipinski definition) is 1. The lowest BCUT2D eigenvalue weighted by molar-refractivity contribution is 0.493. The van der Waals surface area contributed by atoms with Crippen molar-refractivity contribution in [3.05, 3.63) is 29.3 Å². The summed E-state index contributed by atoms with van der Waals surface area (Å²) in [6.07, 6.45) is 2.19. The molecule has 0 aliphatic heterocycles. The molecular formula is C11H17O2P. The summed E-state index contributed by atoms with van der Waals surface area (Å²) >= 11 is 0. The molecule has 78 valence electrons. The minimum atomic E-state index is -1.31. The second kappa shape index (κ2) is 5.33. The number of aryl methyl sites for hydroxylation is 2. The Morgan fingerprint density at radius 2 is 2.14 bits per heavy atom. The lowest BCUT2D eigenvalue weighted by atomic mass is 10.0. The molecule has 0 aliphatic carbocycles. The van der Waals surface area contributed by atoms with Crippen LogP contribution in [0.4, 0.5) is 0 Å². The predicted octanol–water partition coefficient (Wildman–Crippen LogP) is 3.26. The van der Waals surface area contributed by atoms with Crippen molar-refractivity contribution in [2.45, 2.75) is 26.7 Å². The van der Waals surface area contributed by atoms with E-state index in [-0.39, 0.29) is 0 Å². The summed E-state index contributed by atoms with van der Waals surface area (Å²) < 4.78 is 5.28. The topological polar surface area (TPSA) is 29.5 Å². The molecule has 1 aromatic carbocycles. The molecule has 2 nitrogen and oxygen atoms in total. The Labute approximate surface area is 86.8 Å². The highest BCUT2D eigenvalue weighted by Gasteiger charge is 2.03. The van der Waals surface area contributed by atoms with Crippen LogP contribution in [0.5, 0.6) is 5.75 Å². The minimum absolute atomic E-state index is 0.773. The third-order valence-corrected chi connectivity index (χ3v) is 2.55. The van der Waals surface area contributed by atoms with E-state index >= 15 is 0 Å². The highest BCUT2D eigenvalue weighted by molar-refractivity contribution is 7.45. The first-order valence-electron chi connectivity index (χ1n) is 4.83. The van der Waals surface area contributed by atoms with Crippen LogP contribution in [0.3, 0.4) is 0 Å². The van der Waals surface area contributed by atoms with E-state index in [0.29, 0.717) is 0 Å². The van der Waals surface area contributed by atoms with Gasteiger partial charge in [-0.2, -0.15) is 0 Å². The zero-order valence-corrected chi connectivity index (χ0v) is 9.84. The summed E-state index contributed by atoms with van der Waals surface area (Å²) in [5, 5.41) is 0. The molecule has 14 heavy (non-hydrogen) atoms. The highest BCUT2D eigenvalue weighted by Crippen LogP contribution is 2.30. The third-order valence-electron chi connectivity index (χ3n) is 2.08. The van der Waals surface area contributed by atoms with Gasteiger partial charge in [-0.15, -0.1) is 0 Å². The number of hydrogen-bond acceptors (Lipinski definition) is 2. The van der Waals surface area contributed by atoms with Gasteiger partial charge in [0.1, 0.15) is 5.75 Å². The van der Waals surface area contributed by atoms with Gasteiger partial charge in [0.25, 0.3) is 0 Å². The minimum Gasteiger partial charge on any atom is -0.448 e. The zero-order valence-electron chi connectivity index (χ0n) is 8.95. The molecule has 0 heterocycles. The van der Waals surface area contributed by atoms with Crippen molar-refractivity contribution < 1.29 is 9.42 Å². The molecule has 1 atom stereocenters. The van der Waals surface area contributed by atoms with Crippen LogP contribution in [0.25, 0.3) is 0 Å². The van der Waals surface area contributed by atoms with Gasteiger partial charge < -0.3 is 9.42 Å². The molecule has 0 saturated carbocycles. The predicted molar refractivity (Wildman–Crippen MR) is 60.9 cm³/mol. The Morgan fingerprint density at radius 1 is 1.43 bits per heavy atom. The molecule has 0 amide bonds. The lowest BCUT2D eigenvalue weighted by Gasteiger charge is -2.10. The fourth-order valence-electron chi connectivity index (χ4n) is 1.40. The van der Waals surface area contributed by atoms with Crippen molar-refractivity contribution in [2.75, 3.05) is 6.66 Å². The van der Waals surface area contributed by atoms with E-state index in [1.807, 2.05) is 18.2 Å². The summed E-state index contributed by atoms with van der Waals surface area (Å²) in [5.41, 5.74) is 2.60. The Kier molecular flexibility index (Phi) is 4.37. The second-order valence-electron chi connectivity index (χ2n) is 3.39. The Bertz CT molecular complexity index is 297. The van der Waals surface area contributed by atoms with Gasteiger partial charge in [0, 0.05) is 6.66 Å². The number of rotatable bonds is 4. The summed E-state index contributed by atoms with van der Waals surface area (Å²) in [6, 6.07) is 5.97. The fourth-order valence-corrected chi connectivity index (χ4v) is 1.81. The average molecular weight is 212 g/mol. The van der Waals surface area contributed by atoms with Crippen molar-refractivity contribution in [2.24, 2.45) is 0 Å². The van der Waals surface area contributed by atoms with E-state index in [4.69, 9.17) is 9.42 Å². The molecular weight excluding hydrogens is 195 g/mol. The summed E-state index contributed by atoms with van der Waals surface area (Å²) in [7, 11) is -1.31. The molecule has 0 aliphatic rings. The summed E-state index contributed by atoms with van der Waals surface area (Å²) in [4.78, 5) is 9.14. The smallest absolute Gasteiger partial charge is 0.224 e. The first-order valence-corrected chi connectivity index (χ1v) is 6.49. The van der Waals surface area contributed by atoms with E-state index in [1.54, 1.807) is 6.66 Å². The van der Waals surface area contributed by atoms with Crippen LogP contribution in [0.2, 0.25) is 0 Å². The van der Waals surface area contributed by atoms with Crippen molar-refractivity contribution >= 4 is 8.38 Å². The van der Waals surface area contributed by atoms with Gasteiger partial charge >= 0.3 is 0 Å². The molecule has 0 spiro atoms. The molecule has 0 radical (unpaired) electrons. The van der Waals surface area contributed by atoms with Crippen molar-refractivity contribution in [1.82, 2.24) is 0 Å². The van der Waals surface area contributed by atoms with Gasteiger partial charge in [0.05, 0.1) is 0 Å². The molecule has 0 bridgehead atoms. The molecule has 1 aromatic rings. The monoisotopic (exact) mass is 212 g/mol. The quantitative estimate of drug-likeness (QED) is 0.776. The van der Waals surface area contributed by atoms with Gasteiger partial charge in [-0.1, -0.05) is 19.4 Å². The maximum absolute atomic E-state index is 9.14. The average Bonchev–Trinajstić information content (AvgIpc) is 2.10. The van der Waals surface area contributed by atoms with Crippen LogP contribution in [0, 0.1) is 6.92 Å².